The van der Waals surface area contributed by atoms with Crippen molar-refractivity contribution in [3.63, 3.8) is 0 Å². The normalized spacial score (nSPS) is 18.8. The van der Waals surface area contributed by atoms with Crippen LogP contribution in [0.15, 0.2) is 53.4 Å². The van der Waals surface area contributed by atoms with E-state index in [9.17, 15) is 17.6 Å². The number of nitrogens with zero attached hydrogens (tertiary/aromatic N) is 2. The standard InChI is InChI=1S/C24H30FN3O4S/c25-22-5-7-23(8-6-22)33(30,31)28-11-9-21(10-12-28)24(29)26-17-19-1-3-20(4-2-19)18-27-13-15-32-16-14-27/h1-8,21H,9-18H2,(H,26,29). The summed E-state index contributed by atoms with van der Waals surface area (Å²) in [4.78, 5) is 15.1. The van der Waals surface area contributed by atoms with Gasteiger partial charge in [0.1, 0.15) is 5.82 Å². The van der Waals surface area contributed by atoms with Crippen LogP contribution in [0, 0.1) is 11.7 Å². The van der Waals surface area contributed by atoms with Crippen molar-refractivity contribution in [2.45, 2.75) is 30.8 Å². The Hall–Kier alpha value is -2.33. The summed E-state index contributed by atoms with van der Waals surface area (Å²) in [6.07, 6.45) is 0.926. The molecule has 7 nitrogen and oxygen atoms in total. The second kappa shape index (κ2) is 10.7. The van der Waals surface area contributed by atoms with Crippen molar-refractivity contribution in [1.29, 1.82) is 0 Å². The van der Waals surface area contributed by atoms with E-state index in [0.29, 0.717) is 19.4 Å². The van der Waals surface area contributed by atoms with Gasteiger partial charge in [0.05, 0.1) is 18.1 Å². The molecule has 2 heterocycles. The highest BCUT2D eigenvalue weighted by Gasteiger charge is 2.32. The zero-order valence-corrected chi connectivity index (χ0v) is 19.4. The molecular weight excluding hydrogens is 445 g/mol. The van der Waals surface area contributed by atoms with E-state index in [1.165, 1.54) is 22.0 Å². The van der Waals surface area contributed by atoms with E-state index in [1.807, 2.05) is 12.1 Å². The lowest BCUT2D eigenvalue weighted by Gasteiger charge is -2.30. The van der Waals surface area contributed by atoms with Crippen molar-refractivity contribution in [2.24, 2.45) is 5.92 Å². The summed E-state index contributed by atoms with van der Waals surface area (Å²) in [6.45, 7) is 5.34. The Kier molecular flexibility index (Phi) is 7.75. The lowest BCUT2D eigenvalue weighted by molar-refractivity contribution is -0.126. The number of ether oxygens (including phenoxy) is 1. The average Bonchev–Trinajstić information content (AvgIpc) is 2.84. The summed E-state index contributed by atoms with van der Waals surface area (Å²) in [5.74, 6) is -0.743. The fraction of sp³-hybridized carbons (Fsp3) is 0.458. The molecule has 2 saturated heterocycles. The van der Waals surface area contributed by atoms with Crippen LogP contribution < -0.4 is 5.32 Å². The smallest absolute Gasteiger partial charge is 0.243 e. The zero-order chi connectivity index (χ0) is 23.3. The predicted molar refractivity (Wildman–Crippen MR) is 122 cm³/mol. The van der Waals surface area contributed by atoms with E-state index in [-0.39, 0.29) is 29.8 Å². The molecule has 178 valence electrons. The van der Waals surface area contributed by atoms with Gasteiger partial charge in [-0.1, -0.05) is 24.3 Å². The van der Waals surface area contributed by atoms with Crippen molar-refractivity contribution in [3.05, 3.63) is 65.5 Å². The monoisotopic (exact) mass is 475 g/mol. The molecule has 2 aliphatic rings. The van der Waals surface area contributed by atoms with E-state index in [2.05, 4.69) is 22.3 Å². The molecule has 2 aliphatic heterocycles. The molecule has 0 aliphatic carbocycles. The van der Waals surface area contributed by atoms with Crippen LogP contribution >= 0.6 is 0 Å². The molecule has 2 fully saturated rings. The highest BCUT2D eigenvalue weighted by molar-refractivity contribution is 7.89. The number of morpholine rings is 1. The van der Waals surface area contributed by atoms with Crippen LogP contribution in [0.4, 0.5) is 4.39 Å². The molecule has 0 bridgehead atoms. The van der Waals surface area contributed by atoms with Gasteiger partial charge in [-0.3, -0.25) is 9.69 Å². The van der Waals surface area contributed by atoms with Gasteiger partial charge in [-0.05, 0) is 48.2 Å². The number of carbonyl (C=O) groups excluding carboxylic acids is 1. The number of nitrogens with one attached hydrogen (secondary N) is 1. The molecule has 0 aromatic heterocycles. The number of carbonyl (C=O) groups is 1. The first-order chi connectivity index (χ1) is 15.9. The van der Waals surface area contributed by atoms with Gasteiger partial charge in [0.25, 0.3) is 0 Å². The number of halogens is 1. The summed E-state index contributed by atoms with van der Waals surface area (Å²) >= 11 is 0. The summed E-state index contributed by atoms with van der Waals surface area (Å²) in [5, 5.41) is 2.99. The molecule has 0 unspecified atom stereocenters. The van der Waals surface area contributed by atoms with Gasteiger partial charge >= 0.3 is 0 Å². The largest absolute Gasteiger partial charge is 0.379 e. The van der Waals surface area contributed by atoms with Crippen LogP contribution in [0.3, 0.4) is 0 Å². The number of hydrogen-bond donors (Lipinski definition) is 1. The van der Waals surface area contributed by atoms with Gasteiger partial charge in [-0.15, -0.1) is 0 Å². The lowest BCUT2D eigenvalue weighted by Crippen LogP contribution is -2.42. The minimum atomic E-state index is -3.67. The molecule has 33 heavy (non-hydrogen) atoms. The van der Waals surface area contributed by atoms with Crippen LogP contribution in [0.5, 0.6) is 0 Å². The van der Waals surface area contributed by atoms with Crippen molar-refractivity contribution in [2.75, 3.05) is 39.4 Å². The summed E-state index contributed by atoms with van der Waals surface area (Å²) in [6, 6.07) is 13.1. The molecule has 1 amide bonds. The zero-order valence-electron chi connectivity index (χ0n) is 18.6. The molecule has 0 saturated carbocycles. The highest BCUT2D eigenvalue weighted by atomic mass is 32.2. The van der Waals surface area contributed by atoms with Crippen LogP contribution in [0.25, 0.3) is 0 Å². The van der Waals surface area contributed by atoms with Gasteiger partial charge in [0, 0.05) is 45.2 Å². The van der Waals surface area contributed by atoms with Crippen LogP contribution in [-0.4, -0.2) is 62.9 Å². The first kappa shape index (κ1) is 23.8. The fourth-order valence-corrected chi connectivity index (χ4v) is 5.70. The van der Waals surface area contributed by atoms with E-state index in [0.717, 1.165) is 50.5 Å². The van der Waals surface area contributed by atoms with Gasteiger partial charge in [0.15, 0.2) is 0 Å². The lowest BCUT2D eigenvalue weighted by atomic mass is 9.97. The van der Waals surface area contributed by atoms with E-state index >= 15 is 0 Å². The SMILES string of the molecule is O=C(NCc1ccc(CN2CCOCC2)cc1)C1CCN(S(=O)(=O)c2ccc(F)cc2)CC1. The van der Waals surface area contributed by atoms with Gasteiger partial charge < -0.3 is 10.1 Å². The third kappa shape index (κ3) is 6.17. The first-order valence-corrected chi connectivity index (χ1v) is 12.8. The van der Waals surface area contributed by atoms with Crippen molar-refractivity contribution >= 4 is 15.9 Å². The third-order valence-electron chi connectivity index (χ3n) is 6.28. The second-order valence-electron chi connectivity index (χ2n) is 8.56. The molecule has 9 heteroatoms. The summed E-state index contributed by atoms with van der Waals surface area (Å²) in [5.41, 5.74) is 2.27. The van der Waals surface area contributed by atoms with Gasteiger partial charge in [-0.2, -0.15) is 4.31 Å². The topological polar surface area (TPSA) is 79.0 Å². The van der Waals surface area contributed by atoms with E-state index in [1.54, 1.807) is 0 Å². The number of sulfonamides is 1. The molecule has 0 spiro atoms. The maximum Gasteiger partial charge on any atom is 0.243 e. The third-order valence-corrected chi connectivity index (χ3v) is 8.19. The molecule has 0 radical (unpaired) electrons. The Balaban J connectivity index is 1.23. The number of piperidine rings is 1. The van der Waals surface area contributed by atoms with Crippen molar-refractivity contribution in [1.82, 2.24) is 14.5 Å². The Morgan fingerprint density at radius 1 is 0.939 bits per heavy atom. The molecular formula is C24H30FN3O4S. The van der Waals surface area contributed by atoms with Crippen molar-refractivity contribution < 1.29 is 22.3 Å². The second-order valence-corrected chi connectivity index (χ2v) is 10.5. The Morgan fingerprint density at radius 3 is 2.18 bits per heavy atom. The number of benzene rings is 2. The minimum absolute atomic E-state index is 0.0498. The molecule has 1 N–H and O–H groups in total. The van der Waals surface area contributed by atoms with E-state index in [4.69, 9.17) is 4.74 Å². The maximum absolute atomic E-state index is 13.1. The molecule has 4 rings (SSSR count). The highest BCUT2D eigenvalue weighted by Crippen LogP contribution is 2.24. The summed E-state index contributed by atoms with van der Waals surface area (Å²) in [7, 11) is -3.67. The minimum Gasteiger partial charge on any atom is -0.379 e. The number of rotatable bonds is 7. The Labute approximate surface area is 194 Å². The summed E-state index contributed by atoms with van der Waals surface area (Å²) < 4.78 is 45.3. The van der Waals surface area contributed by atoms with Crippen molar-refractivity contribution in [3.8, 4) is 0 Å². The predicted octanol–water partition coefficient (Wildman–Crippen LogP) is 2.38. The Morgan fingerprint density at radius 2 is 1.55 bits per heavy atom. The Bertz CT molecular complexity index is 1030. The number of hydrogen-bond acceptors (Lipinski definition) is 5. The quantitative estimate of drug-likeness (QED) is 0.665. The van der Waals surface area contributed by atoms with Gasteiger partial charge in [-0.25, -0.2) is 12.8 Å². The van der Waals surface area contributed by atoms with E-state index < -0.39 is 15.8 Å². The average molecular weight is 476 g/mol. The van der Waals surface area contributed by atoms with Crippen LogP contribution in [-0.2, 0) is 32.6 Å². The van der Waals surface area contributed by atoms with Gasteiger partial charge in [0.2, 0.25) is 15.9 Å². The van der Waals surface area contributed by atoms with Crippen LogP contribution in [0.1, 0.15) is 24.0 Å². The first-order valence-electron chi connectivity index (χ1n) is 11.3. The molecule has 2 aromatic rings. The maximum atomic E-state index is 13.1. The fourth-order valence-electron chi connectivity index (χ4n) is 4.23. The molecule has 0 atom stereocenters. The number of amides is 1. The van der Waals surface area contributed by atoms with Crippen LogP contribution in [0.2, 0.25) is 0 Å². The molecule has 2 aromatic carbocycles.